The van der Waals surface area contributed by atoms with Crippen molar-refractivity contribution in [2.45, 2.75) is 57.2 Å². The van der Waals surface area contributed by atoms with Gasteiger partial charge < -0.3 is 10.1 Å². The van der Waals surface area contributed by atoms with Crippen molar-refractivity contribution < 1.29 is 14.3 Å². The second-order valence-corrected chi connectivity index (χ2v) is 8.38. The minimum Gasteiger partial charge on any atom is -0.468 e. The molecule has 0 aromatic heterocycles. The minimum atomic E-state index is -0.323. The molecular weight excluding hydrogens is 364 g/mol. The average Bonchev–Trinajstić information content (AvgIpc) is 3.16. The number of amides is 1. The lowest BCUT2D eigenvalue weighted by Crippen LogP contribution is -2.41. The summed E-state index contributed by atoms with van der Waals surface area (Å²) in [5.41, 5.74) is 1.19. The van der Waals surface area contributed by atoms with Gasteiger partial charge in [0, 0.05) is 25.0 Å². The molecule has 5 nitrogen and oxygen atoms in total. The number of methoxy groups -OCH3 is 1. The van der Waals surface area contributed by atoms with Gasteiger partial charge in [0.05, 0.1) is 7.11 Å². The number of likely N-dealkylation sites (tertiary alicyclic amines) is 1. The van der Waals surface area contributed by atoms with Gasteiger partial charge in [0.15, 0.2) is 0 Å². The first-order valence-corrected chi connectivity index (χ1v) is 10.7. The second-order valence-electron chi connectivity index (χ2n) is 8.38. The molecular formula is C24H30N2O3. The summed E-state index contributed by atoms with van der Waals surface area (Å²) in [4.78, 5) is 27.3. The number of nitrogens with one attached hydrogen (secondary N) is 1. The van der Waals surface area contributed by atoms with E-state index in [1.54, 1.807) is 0 Å². The molecule has 2 aromatic rings. The van der Waals surface area contributed by atoms with E-state index in [0.29, 0.717) is 19.5 Å². The molecule has 154 valence electrons. The first kappa shape index (κ1) is 19.9. The summed E-state index contributed by atoms with van der Waals surface area (Å²) in [6.45, 7) is 1.33. The highest BCUT2D eigenvalue weighted by molar-refractivity contribution is 5.85. The van der Waals surface area contributed by atoms with E-state index in [1.807, 2.05) is 12.1 Å². The van der Waals surface area contributed by atoms with Crippen molar-refractivity contribution in [1.82, 2.24) is 10.2 Å². The summed E-state index contributed by atoms with van der Waals surface area (Å²) in [5, 5.41) is 5.62. The molecule has 1 amide bonds. The maximum absolute atomic E-state index is 12.7. The highest BCUT2D eigenvalue weighted by Crippen LogP contribution is 2.27. The van der Waals surface area contributed by atoms with E-state index in [4.69, 9.17) is 4.74 Å². The van der Waals surface area contributed by atoms with E-state index in [9.17, 15) is 9.59 Å². The lowest BCUT2D eigenvalue weighted by Gasteiger charge is -2.24. The summed E-state index contributed by atoms with van der Waals surface area (Å²) in [7, 11) is 1.44. The van der Waals surface area contributed by atoms with Crippen LogP contribution in [0.15, 0.2) is 42.5 Å². The van der Waals surface area contributed by atoms with Crippen LogP contribution in [-0.2, 0) is 20.9 Å². The van der Waals surface area contributed by atoms with Crippen molar-refractivity contribution in [2.24, 2.45) is 5.92 Å². The molecule has 1 heterocycles. The number of hydrogen-bond acceptors (Lipinski definition) is 4. The minimum absolute atomic E-state index is 0.0106. The third-order valence-corrected chi connectivity index (χ3v) is 6.45. The van der Waals surface area contributed by atoms with Crippen molar-refractivity contribution >= 4 is 22.6 Å². The number of esters is 1. The summed E-state index contributed by atoms with van der Waals surface area (Å²) < 4.78 is 5.07. The Bertz CT molecular complexity index is 870. The molecule has 0 bridgehead atoms. The Morgan fingerprint density at radius 2 is 1.83 bits per heavy atom. The van der Waals surface area contributed by atoms with E-state index >= 15 is 0 Å². The van der Waals surface area contributed by atoms with Gasteiger partial charge in [-0.1, -0.05) is 61.7 Å². The van der Waals surface area contributed by atoms with Crippen LogP contribution in [0.25, 0.3) is 10.8 Å². The third kappa shape index (κ3) is 4.45. The largest absolute Gasteiger partial charge is 0.468 e. The zero-order valence-electron chi connectivity index (χ0n) is 17.1. The molecule has 0 radical (unpaired) electrons. The molecule has 2 aromatic carbocycles. The summed E-state index contributed by atoms with van der Waals surface area (Å²) in [6.07, 6.45) is 6.09. The first-order chi connectivity index (χ1) is 14.2. The lowest BCUT2D eigenvalue weighted by atomic mass is 9.88. The molecule has 4 rings (SSSR count). The fourth-order valence-corrected chi connectivity index (χ4v) is 4.90. The number of ether oxygens (including phenoxy) is 1. The molecule has 0 spiro atoms. The van der Waals surface area contributed by atoms with Crippen LogP contribution in [0.5, 0.6) is 0 Å². The van der Waals surface area contributed by atoms with Crippen molar-refractivity contribution in [3.05, 3.63) is 48.0 Å². The standard InChI is InChI=1S/C24H30N2O3/c1-29-24(28)22-14-20(25-23(27)18-9-3-2-4-10-18)16-26(22)15-19-12-7-11-17-8-5-6-13-21(17)19/h5-8,11-13,18,20,22H,2-4,9-10,14-16H2,1H3,(H,25,27)/t20-,22+/m1/s1. The fraction of sp³-hybridized carbons (Fsp3) is 0.500. The number of hydrogen-bond donors (Lipinski definition) is 1. The van der Waals surface area contributed by atoms with E-state index in [2.05, 4.69) is 40.5 Å². The molecule has 0 unspecified atom stereocenters. The smallest absolute Gasteiger partial charge is 0.323 e. The Kier molecular flexibility index (Phi) is 6.14. The molecule has 1 aliphatic heterocycles. The zero-order valence-corrected chi connectivity index (χ0v) is 17.1. The number of carbonyl (C=O) groups is 2. The molecule has 29 heavy (non-hydrogen) atoms. The van der Waals surface area contributed by atoms with E-state index in [1.165, 1.54) is 29.9 Å². The summed E-state index contributed by atoms with van der Waals surface area (Å²) in [6, 6.07) is 14.3. The molecule has 5 heteroatoms. The topological polar surface area (TPSA) is 58.6 Å². The van der Waals surface area contributed by atoms with Gasteiger partial charge in [0.25, 0.3) is 0 Å². The second kappa shape index (κ2) is 8.95. The normalized spacial score (nSPS) is 23.2. The summed E-state index contributed by atoms with van der Waals surface area (Å²) in [5.74, 6) is 0.0671. The molecule has 2 aliphatic rings. The van der Waals surface area contributed by atoms with Crippen LogP contribution in [0.4, 0.5) is 0 Å². The molecule has 2 atom stereocenters. The molecule has 1 aliphatic carbocycles. The van der Waals surface area contributed by atoms with Gasteiger partial charge in [-0.15, -0.1) is 0 Å². The molecule has 2 fully saturated rings. The van der Waals surface area contributed by atoms with Crippen LogP contribution in [0.1, 0.15) is 44.1 Å². The van der Waals surface area contributed by atoms with Crippen molar-refractivity contribution in [1.29, 1.82) is 0 Å². The van der Waals surface area contributed by atoms with Gasteiger partial charge in [-0.05, 0) is 35.6 Å². The average molecular weight is 395 g/mol. The van der Waals surface area contributed by atoms with Crippen LogP contribution in [0.2, 0.25) is 0 Å². The number of carbonyl (C=O) groups excluding carboxylic acids is 2. The fourth-order valence-electron chi connectivity index (χ4n) is 4.90. The molecule has 1 saturated heterocycles. The van der Waals surface area contributed by atoms with Crippen LogP contribution < -0.4 is 5.32 Å². The lowest BCUT2D eigenvalue weighted by molar-refractivity contribution is -0.146. The van der Waals surface area contributed by atoms with Gasteiger partial charge in [0.1, 0.15) is 6.04 Å². The van der Waals surface area contributed by atoms with E-state index in [0.717, 1.165) is 25.7 Å². The monoisotopic (exact) mass is 394 g/mol. The predicted octanol–water partition coefficient (Wildman–Crippen LogP) is 3.65. The van der Waals surface area contributed by atoms with Crippen molar-refractivity contribution in [3.8, 4) is 0 Å². The molecule has 1 N–H and O–H groups in total. The number of rotatable bonds is 5. The third-order valence-electron chi connectivity index (χ3n) is 6.45. The Morgan fingerprint density at radius 1 is 1.07 bits per heavy atom. The van der Waals surface area contributed by atoms with Crippen LogP contribution in [0.3, 0.4) is 0 Å². The first-order valence-electron chi connectivity index (χ1n) is 10.7. The van der Waals surface area contributed by atoms with Gasteiger partial charge in [-0.25, -0.2) is 0 Å². The van der Waals surface area contributed by atoms with E-state index in [-0.39, 0.29) is 29.9 Å². The Morgan fingerprint density at radius 3 is 2.62 bits per heavy atom. The van der Waals surface area contributed by atoms with Crippen molar-refractivity contribution in [3.63, 3.8) is 0 Å². The quantitative estimate of drug-likeness (QED) is 0.787. The molecule has 1 saturated carbocycles. The van der Waals surface area contributed by atoms with Crippen LogP contribution in [0, 0.1) is 5.92 Å². The highest BCUT2D eigenvalue weighted by Gasteiger charge is 2.39. The van der Waals surface area contributed by atoms with Gasteiger partial charge in [-0.3, -0.25) is 14.5 Å². The van der Waals surface area contributed by atoms with Crippen LogP contribution in [-0.4, -0.2) is 42.5 Å². The number of fused-ring (bicyclic) bond motifs is 1. The zero-order chi connectivity index (χ0) is 20.2. The van der Waals surface area contributed by atoms with Gasteiger partial charge in [0.2, 0.25) is 5.91 Å². The SMILES string of the molecule is COC(=O)[C@@H]1C[C@@H](NC(=O)C2CCCCC2)CN1Cc1cccc2ccccc12. The van der Waals surface area contributed by atoms with Gasteiger partial charge in [-0.2, -0.15) is 0 Å². The maximum Gasteiger partial charge on any atom is 0.323 e. The number of benzene rings is 2. The Balaban J connectivity index is 1.48. The number of nitrogens with zero attached hydrogens (tertiary/aromatic N) is 1. The van der Waals surface area contributed by atoms with Crippen molar-refractivity contribution in [2.75, 3.05) is 13.7 Å². The Hall–Kier alpha value is -2.40. The van der Waals surface area contributed by atoms with Crippen LogP contribution >= 0.6 is 0 Å². The Labute approximate surface area is 172 Å². The maximum atomic E-state index is 12.7. The highest BCUT2D eigenvalue weighted by atomic mass is 16.5. The predicted molar refractivity (Wildman–Crippen MR) is 113 cm³/mol. The van der Waals surface area contributed by atoms with Gasteiger partial charge >= 0.3 is 5.97 Å². The summed E-state index contributed by atoms with van der Waals surface area (Å²) >= 11 is 0. The van der Waals surface area contributed by atoms with E-state index < -0.39 is 0 Å².